The molecule has 6 nitrogen and oxygen atoms in total. The number of nitrogens with zero attached hydrogens (tertiary/aromatic N) is 1. The third-order valence-corrected chi connectivity index (χ3v) is 3.94. The molecule has 3 heterocycles. The van der Waals surface area contributed by atoms with Crippen LogP contribution in [0.2, 0.25) is 5.02 Å². The lowest BCUT2D eigenvalue weighted by Crippen LogP contribution is -2.48. The molecular weight excluding hydrogens is 284 g/mol. The Morgan fingerprint density at radius 1 is 1.30 bits per heavy atom. The number of ether oxygens (including phenoxy) is 2. The third-order valence-electron chi connectivity index (χ3n) is 3.72. The van der Waals surface area contributed by atoms with Gasteiger partial charge in [0.15, 0.2) is 5.79 Å². The summed E-state index contributed by atoms with van der Waals surface area (Å²) in [5.41, 5.74) is -0.352. The maximum atomic E-state index is 12.3. The van der Waals surface area contributed by atoms with Crippen LogP contribution < -0.4 is 5.56 Å². The fourth-order valence-corrected chi connectivity index (χ4v) is 2.79. The second-order valence-corrected chi connectivity index (χ2v) is 5.40. The van der Waals surface area contributed by atoms with Crippen molar-refractivity contribution < 1.29 is 14.3 Å². The van der Waals surface area contributed by atoms with E-state index in [1.54, 1.807) is 4.90 Å². The smallest absolute Gasteiger partial charge is 0.260 e. The minimum atomic E-state index is -0.530. The van der Waals surface area contributed by atoms with Gasteiger partial charge in [-0.05, 0) is 6.07 Å². The van der Waals surface area contributed by atoms with Gasteiger partial charge in [0.2, 0.25) is 0 Å². The van der Waals surface area contributed by atoms with Crippen molar-refractivity contribution in [1.29, 1.82) is 0 Å². The molecular formula is C13H15ClN2O4. The topological polar surface area (TPSA) is 71.6 Å². The van der Waals surface area contributed by atoms with E-state index in [9.17, 15) is 9.59 Å². The Bertz CT molecular complexity index is 570. The molecule has 3 rings (SSSR count). The standard InChI is InChI=1S/C13H15ClN2O4/c14-9-7-10(11(17)15-8-9)12(18)16-3-1-13(2-4-16)19-5-6-20-13/h7-8H,1-6H2,(H,15,17). The summed E-state index contributed by atoms with van der Waals surface area (Å²) in [5.74, 6) is -0.834. The molecule has 0 aromatic carbocycles. The molecule has 0 bridgehead atoms. The van der Waals surface area contributed by atoms with Gasteiger partial charge in [-0.3, -0.25) is 9.59 Å². The molecule has 2 fully saturated rings. The van der Waals surface area contributed by atoms with Crippen LogP contribution in [0.15, 0.2) is 17.1 Å². The zero-order valence-corrected chi connectivity index (χ0v) is 11.6. The van der Waals surface area contributed by atoms with Crippen molar-refractivity contribution >= 4 is 17.5 Å². The van der Waals surface area contributed by atoms with Gasteiger partial charge >= 0.3 is 0 Å². The van der Waals surface area contributed by atoms with Gasteiger partial charge in [-0.2, -0.15) is 0 Å². The van der Waals surface area contributed by atoms with Crippen LogP contribution in [0.4, 0.5) is 0 Å². The Balaban J connectivity index is 1.73. The fraction of sp³-hybridized carbons (Fsp3) is 0.538. The van der Waals surface area contributed by atoms with Crippen LogP contribution >= 0.6 is 11.6 Å². The Morgan fingerprint density at radius 2 is 1.95 bits per heavy atom. The monoisotopic (exact) mass is 298 g/mol. The van der Waals surface area contributed by atoms with Gasteiger partial charge in [-0.15, -0.1) is 0 Å². The van der Waals surface area contributed by atoms with Crippen molar-refractivity contribution in [3.63, 3.8) is 0 Å². The number of aromatic amines is 1. The number of carbonyl (C=O) groups is 1. The summed E-state index contributed by atoms with van der Waals surface area (Å²) < 4.78 is 11.2. The number of aromatic nitrogens is 1. The molecule has 0 atom stereocenters. The molecule has 2 aliphatic heterocycles. The van der Waals surface area contributed by atoms with E-state index in [-0.39, 0.29) is 11.5 Å². The van der Waals surface area contributed by atoms with Crippen LogP contribution in [-0.4, -0.2) is 47.9 Å². The van der Waals surface area contributed by atoms with E-state index in [0.717, 1.165) is 0 Å². The number of amides is 1. The van der Waals surface area contributed by atoms with Crippen LogP contribution in [-0.2, 0) is 9.47 Å². The van der Waals surface area contributed by atoms with E-state index in [1.165, 1.54) is 12.3 Å². The molecule has 0 aliphatic carbocycles. The van der Waals surface area contributed by atoms with Gasteiger partial charge in [0.05, 0.1) is 18.2 Å². The second kappa shape index (κ2) is 5.20. The molecule has 2 saturated heterocycles. The highest BCUT2D eigenvalue weighted by Gasteiger charge is 2.41. The molecule has 20 heavy (non-hydrogen) atoms. The van der Waals surface area contributed by atoms with Crippen molar-refractivity contribution in [3.05, 3.63) is 33.2 Å². The fourth-order valence-electron chi connectivity index (χ4n) is 2.62. The first-order valence-corrected chi connectivity index (χ1v) is 6.93. The molecule has 1 N–H and O–H groups in total. The largest absolute Gasteiger partial charge is 0.347 e. The number of carbonyl (C=O) groups excluding carboxylic acids is 1. The number of halogens is 1. The molecule has 1 spiro atoms. The lowest BCUT2D eigenvalue weighted by Gasteiger charge is -2.37. The van der Waals surface area contributed by atoms with Gasteiger partial charge < -0.3 is 19.4 Å². The van der Waals surface area contributed by atoms with Gasteiger partial charge in [-0.1, -0.05) is 11.6 Å². The SMILES string of the molecule is O=C(c1cc(Cl)c[nH]c1=O)N1CCC2(CC1)OCCO2. The molecule has 7 heteroatoms. The molecule has 0 saturated carbocycles. The van der Waals surface area contributed by atoms with Crippen molar-refractivity contribution in [1.82, 2.24) is 9.88 Å². The number of rotatable bonds is 1. The van der Waals surface area contributed by atoms with Gasteiger partial charge in [0, 0.05) is 32.1 Å². The summed E-state index contributed by atoms with van der Waals surface area (Å²) >= 11 is 5.82. The summed E-state index contributed by atoms with van der Waals surface area (Å²) in [6.45, 7) is 2.21. The first-order chi connectivity index (χ1) is 9.60. The number of H-pyrrole nitrogens is 1. The molecule has 1 aromatic rings. The number of pyridine rings is 1. The van der Waals surface area contributed by atoms with E-state index in [0.29, 0.717) is 44.2 Å². The summed E-state index contributed by atoms with van der Waals surface area (Å²) in [6, 6.07) is 1.40. The minimum absolute atomic E-state index is 0.0710. The average molecular weight is 299 g/mol. The maximum absolute atomic E-state index is 12.3. The van der Waals surface area contributed by atoms with Gasteiger partial charge in [-0.25, -0.2) is 0 Å². The number of hydrogen-bond acceptors (Lipinski definition) is 4. The van der Waals surface area contributed by atoms with Crippen molar-refractivity contribution in [2.75, 3.05) is 26.3 Å². The summed E-state index contributed by atoms with van der Waals surface area (Å²) in [4.78, 5) is 28.1. The summed E-state index contributed by atoms with van der Waals surface area (Å²) in [6.07, 6.45) is 2.61. The number of nitrogens with one attached hydrogen (secondary N) is 1. The van der Waals surface area contributed by atoms with E-state index in [1.807, 2.05) is 0 Å². The minimum Gasteiger partial charge on any atom is -0.347 e. The van der Waals surface area contributed by atoms with E-state index >= 15 is 0 Å². The number of hydrogen-bond donors (Lipinski definition) is 1. The second-order valence-electron chi connectivity index (χ2n) is 4.96. The van der Waals surface area contributed by atoms with Crippen LogP contribution in [0.5, 0.6) is 0 Å². The lowest BCUT2D eigenvalue weighted by atomic mass is 10.0. The van der Waals surface area contributed by atoms with E-state index in [4.69, 9.17) is 21.1 Å². The third kappa shape index (κ3) is 2.46. The predicted octanol–water partition coefficient (Wildman–Crippen LogP) is 1.01. The Hall–Kier alpha value is -1.37. The van der Waals surface area contributed by atoms with E-state index in [2.05, 4.69) is 4.98 Å². The molecule has 2 aliphatic rings. The number of piperidine rings is 1. The maximum Gasteiger partial charge on any atom is 0.260 e. The highest BCUT2D eigenvalue weighted by atomic mass is 35.5. The highest BCUT2D eigenvalue weighted by molar-refractivity contribution is 6.30. The normalized spacial score (nSPS) is 21.4. The van der Waals surface area contributed by atoms with Crippen molar-refractivity contribution in [2.24, 2.45) is 0 Å². The highest BCUT2D eigenvalue weighted by Crippen LogP contribution is 2.31. The average Bonchev–Trinajstić information content (AvgIpc) is 2.90. The first kappa shape index (κ1) is 13.6. The molecule has 1 amide bonds. The Labute approximate surface area is 120 Å². The van der Waals surface area contributed by atoms with Gasteiger partial charge in [0.25, 0.3) is 11.5 Å². The Morgan fingerprint density at radius 3 is 2.60 bits per heavy atom. The van der Waals surface area contributed by atoms with E-state index < -0.39 is 11.3 Å². The molecule has 0 unspecified atom stereocenters. The number of likely N-dealkylation sites (tertiary alicyclic amines) is 1. The quantitative estimate of drug-likeness (QED) is 0.840. The predicted molar refractivity (Wildman–Crippen MR) is 71.8 cm³/mol. The van der Waals surface area contributed by atoms with Gasteiger partial charge in [0.1, 0.15) is 5.56 Å². The summed E-state index contributed by atoms with van der Waals surface area (Å²) in [7, 11) is 0. The lowest BCUT2D eigenvalue weighted by molar-refractivity contribution is -0.181. The molecule has 1 aromatic heterocycles. The summed E-state index contributed by atoms with van der Waals surface area (Å²) in [5, 5.41) is 0.337. The van der Waals surface area contributed by atoms with Crippen LogP contribution in [0.1, 0.15) is 23.2 Å². The zero-order chi connectivity index (χ0) is 14.2. The molecule has 0 radical (unpaired) electrons. The molecule has 108 valence electrons. The zero-order valence-electron chi connectivity index (χ0n) is 10.9. The first-order valence-electron chi connectivity index (χ1n) is 6.55. The van der Waals surface area contributed by atoms with Crippen LogP contribution in [0.25, 0.3) is 0 Å². The van der Waals surface area contributed by atoms with Crippen molar-refractivity contribution in [2.45, 2.75) is 18.6 Å². The van der Waals surface area contributed by atoms with Crippen LogP contribution in [0, 0.1) is 0 Å². The Kier molecular flexibility index (Phi) is 3.54. The van der Waals surface area contributed by atoms with Crippen molar-refractivity contribution in [3.8, 4) is 0 Å². The van der Waals surface area contributed by atoms with Crippen LogP contribution in [0.3, 0.4) is 0 Å².